The minimum Gasteiger partial charge on any atom is -0.459 e. The van der Waals surface area contributed by atoms with E-state index in [1.165, 1.54) is 6.26 Å². The van der Waals surface area contributed by atoms with Gasteiger partial charge >= 0.3 is 0 Å². The maximum Gasteiger partial charge on any atom is 0.291 e. The van der Waals surface area contributed by atoms with E-state index in [0.29, 0.717) is 29.2 Å². The molecule has 0 saturated heterocycles. The molecule has 2 N–H and O–H groups in total. The summed E-state index contributed by atoms with van der Waals surface area (Å²) in [6.45, 7) is 4.33. The summed E-state index contributed by atoms with van der Waals surface area (Å²) in [6, 6.07) is 20.1. The third kappa shape index (κ3) is 4.56. The van der Waals surface area contributed by atoms with Crippen LogP contribution >= 0.6 is 0 Å². The zero-order chi connectivity index (χ0) is 21.8. The largest absolute Gasteiger partial charge is 0.459 e. The number of aryl methyl sites for hydroxylation is 1. The first kappa shape index (κ1) is 20.2. The van der Waals surface area contributed by atoms with Crippen molar-refractivity contribution in [2.24, 2.45) is 0 Å². The number of rotatable bonds is 6. The molecule has 0 aliphatic rings. The number of anilines is 2. The van der Waals surface area contributed by atoms with Crippen molar-refractivity contribution in [3.8, 4) is 0 Å². The average molecular weight is 414 g/mol. The van der Waals surface area contributed by atoms with E-state index in [0.717, 1.165) is 11.3 Å². The quantitative estimate of drug-likeness (QED) is 0.481. The van der Waals surface area contributed by atoms with E-state index in [-0.39, 0.29) is 17.6 Å². The third-order valence-electron chi connectivity index (χ3n) is 4.93. The van der Waals surface area contributed by atoms with Gasteiger partial charge in [0.1, 0.15) is 0 Å². The van der Waals surface area contributed by atoms with Crippen molar-refractivity contribution in [1.82, 2.24) is 9.78 Å². The number of furan rings is 1. The van der Waals surface area contributed by atoms with Gasteiger partial charge in [0, 0.05) is 17.1 Å². The number of aromatic nitrogens is 2. The Bertz CT molecular complexity index is 1190. The zero-order valence-electron chi connectivity index (χ0n) is 17.3. The molecule has 7 nitrogen and oxygen atoms in total. The predicted octanol–water partition coefficient (Wildman–Crippen LogP) is 4.65. The fourth-order valence-electron chi connectivity index (χ4n) is 3.37. The molecule has 2 aromatic heterocycles. The van der Waals surface area contributed by atoms with Crippen LogP contribution < -0.4 is 10.6 Å². The molecule has 0 radical (unpaired) electrons. The lowest BCUT2D eigenvalue weighted by Gasteiger charge is -2.08. The molecule has 0 aliphatic carbocycles. The van der Waals surface area contributed by atoms with Gasteiger partial charge in [-0.25, -0.2) is 0 Å². The summed E-state index contributed by atoms with van der Waals surface area (Å²) < 4.78 is 6.92. The van der Waals surface area contributed by atoms with Crippen LogP contribution in [-0.2, 0) is 6.54 Å². The first-order valence-corrected chi connectivity index (χ1v) is 9.85. The van der Waals surface area contributed by atoms with Gasteiger partial charge in [-0.15, -0.1) is 0 Å². The molecule has 4 aromatic rings. The lowest BCUT2D eigenvalue weighted by Crippen LogP contribution is -2.15. The summed E-state index contributed by atoms with van der Waals surface area (Å²) in [5.41, 5.74) is 4.38. The van der Waals surface area contributed by atoms with Crippen LogP contribution in [0.25, 0.3) is 0 Å². The first-order valence-electron chi connectivity index (χ1n) is 9.85. The van der Waals surface area contributed by atoms with Crippen LogP contribution in [0.4, 0.5) is 11.4 Å². The highest BCUT2D eigenvalue weighted by Gasteiger charge is 2.19. The van der Waals surface area contributed by atoms with Crippen LogP contribution in [-0.4, -0.2) is 21.6 Å². The number of carbonyl (C=O) groups is 2. The smallest absolute Gasteiger partial charge is 0.291 e. The standard InChI is InChI=1S/C24H22N4O3/c1-16-22(17(2)28(27-16)15-18-7-4-3-5-8-18)24(30)26-20-12-10-19(11-13-20)25-23(29)21-9-6-14-31-21/h3-14H,15H2,1-2H3,(H,25,29)(H,26,30). The molecule has 7 heteroatoms. The van der Waals surface area contributed by atoms with Crippen molar-refractivity contribution in [3.63, 3.8) is 0 Å². The van der Waals surface area contributed by atoms with E-state index in [4.69, 9.17) is 4.42 Å². The van der Waals surface area contributed by atoms with Crippen molar-refractivity contribution < 1.29 is 14.0 Å². The Balaban J connectivity index is 1.44. The van der Waals surface area contributed by atoms with E-state index in [1.54, 1.807) is 36.4 Å². The van der Waals surface area contributed by atoms with Crippen molar-refractivity contribution in [2.45, 2.75) is 20.4 Å². The molecule has 0 unspecified atom stereocenters. The Morgan fingerprint density at radius 2 is 1.52 bits per heavy atom. The van der Waals surface area contributed by atoms with Gasteiger partial charge in [-0.2, -0.15) is 5.10 Å². The van der Waals surface area contributed by atoms with Crippen LogP contribution in [0.15, 0.2) is 77.4 Å². The number of nitrogens with zero attached hydrogens (tertiary/aromatic N) is 2. The van der Waals surface area contributed by atoms with Crippen molar-refractivity contribution in [1.29, 1.82) is 0 Å². The lowest BCUT2D eigenvalue weighted by molar-refractivity contribution is 0.0994. The van der Waals surface area contributed by atoms with Crippen LogP contribution in [0.5, 0.6) is 0 Å². The molecule has 156 valence electrons. The van der Waals surface area contributed by atoms with Crippen molar-refractivity contribution in [3.05, 3.63) is 101 Å². The number of nitrogens with one attached hydrogen (secondary N) is 2. The maximum absolute atomic E-state index is 12.9. The van der Waals surface area contributed by atoms with Gasteiger partial charge in [-0.3, -0.25) is 14.3 Å². The molecule has 0 fully saturated rings. The molecule has 2 heterocycles. The molecule has 2 amide bonds. The van der Waals surface area contributed by atoms with Crippen LogP contribution in [0, 0.1) is 13.8 Å². The second-order valence-electron chi connectivity index (χ2n) is 7.15. The molecule has 4 rings (SSSR count). The minimum atomic E-state index is -0.334. The fraction of sp³-hybridized carbons (Fsp3) is 0.125. The van der Waals surface area contributed by atoms with Gasteiger partial charge in [0.2, 0.25) is 0 Å². The molecule has 2 aromatic carbocycles. The summed E-state index contributed by atoms with van der Waals surface area (Å²) in [7, 11) is 0. The van der Waals surface area contributed by atoms with Crippen molar-refractivity contribution >= 4 is 23.2 Å². The molecule has 0 bridgehead atoms. The minimum absolute atomic E-state index is 0.221. The molecular weight excluding hydrogens is 392 g/mol. The highest BCUT2D eigenvalue weighted by Crippen LogP contribution is 2.19. The molecule has 31 heavy (non-hydrogen) atoms. The molecular formula is C24H22N4O3. The van der Waals surface area contributed by atoms with Gasteiger partial charge in [-0.1, -0.05) is 30.3 Å². The molecule has 0 spiro atoms. The zero-order valence-corrected chi connectivity index (χ0v) is 17.3. The van der Waals surface area contributed by atoms with E-state index in [2.05, 4.69) is 15.7 Å². The fourth-order valence-corrected chi connectivity index (χ4v) is 3.37. The summed E-state index contributed by atoms with van der Waals surface area (Å²) in [5, 5.41) is 10.2. The van der Waals surface area contributed by atoms with Gasteiger partial charge in [0.05, 0.1) is 24.1 Å². The Hall–Kier alpha value is -4.13. The highest BCUT2D eigenvalue weighted by atomic mass is 16.3. The lowest BCUT2D eigenvalue weighted by atomic mass is 10.1. The first-order chi connectivity index (χ1) is 15.0. The number of amides is 2. The topological polar surface area (TPSA) is 89.2 Å². The second-order valence-corrected chi connectivity index (χ2v) is 7.15. The van der Waals surface area contributed by atoms with Crippen molar-refractivity contribution in [2.75, 3.05) is 10.6 Å². The summed E-state index contributed by atoms with van der Waals surface area (Å²) in [6.07, 6.45) is 1.44. The Labute approximate surface area is 179 Å². The predicted molar refractivity (Wildman–Crippen MR) is 118 cm³/mol. The monoisotopic (exact) mass is 414 g/mol. The summed E-state index contributed by atoms with van der Waals surface area (Å²) >= 11 is 0. The molecule has 0 atom stereocenters. The average Bonchev–Trinajstić information content (AvgIpc) is 3.39. The van der Waals surface area contributed by atoms with E-state index in [9.17, 15) is 9.59 Å². The van der Waals surface area contributed by atoms with Gasteiger partial charge in [-0.05, 0) is 55.8 Å². The summed E-state index contributed by atoms with van der Waals surface area (Å²) in [4.78, 5) is 24.9. The maximum atomic E-state index is 12.9. The summed E-state index contributed by atoms with van der Waals surface area (Å²) in [5.74, 6) is -0.323. The van der Waals surface area contributed by atoms with Gasteiger partial charge in [0.15, 0.2) is 5.76 Å². The number of hydrogen-bond donors (Lipinski definition) is 2. The molecule has 0 saturated carbocycles. The SMILES string of the molecule is Cc1nn(Cc2ccccc2)c(C)c1C(=O)Nc1ccc(NC(=O)c2ccco2)cc1. The number of carbonyl (C=O) groups excluding carboxylic acids is 2. The highest BCUT2D eigenvalue weighted by molar-refractivity contribution is 6.06. The second kappa shape index (κ2) is 8.71. The van der Waals surface area contributed by atoms with E-state index in [1.807, 2.05) is 48.9 Å². The van der Waals surface area contributed by atoms with E-state index >= 15 is 0 Å². The number of benzene rings is 2. The molecule has 0 aliphatic heterocycles. The number of hydrogen-bond acceptors (Lipinski definition) is 4. The van der Waals surface area contributed by atoms with E-state index < -0.39 is 0 Å². The van der Waals surface area contributed by atoms with Crippen LogP contribution in [0.3, 0.4) is 0 Å². The van der Waals surface area contributed by atoms with Gasteiger partial charge < -0.3 is 15.1 Å². The Morgan fingerprint density at radius 3 is 2.13 bits per heavy atom. The normalized spacial score (nSPS) is 10.6. The Morgan fingerprint density at radius 1 is 0.871 bits per heavy atom. The van der Waals surface area contributed by atoms with Crippen LogP contribution in [0.1, 0.15) is 37.9 Å². The van der Waals surface area contributed by atoms with Crippen LogP contribution in [0.2, 0.25) is 0 Å². The van der Waals surface area contributed by atoms with Gasteiger partial charge in [0.25, 0.3) is 11.8 Å². The third-order valence-corrected chi connectivity index (χ3v) is 4.93. The Kier molecular flexibility index (Phi) is 5.66.